The van der Waals surface area contributed by atoms with Crippen LogP contribution in [0.5, 0.6) is 0 Å². The highest BCUT2D eigenvalue weighted by atomic mass is 16.1. The molecule has 1 heterocycles. The maximum absolute atomic E-state index is 11.8. The molecule has 0 aliphatic carbocycles. The van der Waals surface area contributed by atoms with Gasteiger partial charge in [-0.3, -0.25) is 4.79 Å². The van der Waals surface area contributed by atoms with Gasteiger partial charge in [-0.1, -0.05) is 12.1 Å². The smallest absolute Gasteiger partial charge is 0.271 e. The Hall–Kier alpha value is -2.56. The van der Waals surface area contributed by atoms with Crippen LogP contribution < -0.4 is 11.1 Å². The van der Waals surface area contributed by atoms with Gasteiger partial charge in [0, 0.05) is 18.4 Å². The third kappa shape index (κ3) is 3.22. The summed E-state index contributed by atoms with van der Waals surface area (Å²) in [5.41, 5.74) is 7.58. The highest BCUT2D eigenvalue weighted by Gasteiger charge is 2.09. The van der Waals surface area contributed by atoms with E-state index in [1.165, 1.54) is 0 Å². The number of amides is 1. The number of nitrogen functional groups attached to an aromatic ring is 1. The Bertz CT molecular complexity index is 589. The fourth-order valence-electron chi connectivity index (χ4n) is 1.63. The second kappa shape index (κ2) is 5.86. The molecule has 0 saturated heterocycles. The van der Waals surface area contributed by atoms with Crippen molar-refractivity contribution in [3.8, 4) is 5.69 Å². The minimum absolute atomic E-state index is 0.190. The monoisotopic (exact) mass is 256 g/mol. The summed E-state index contributed by atoms with van der Waals surface area (Å²) in [6.45, 7) is 4.16. The summed E-state index contributed by atoms with van der Waals surface area (Å²) in [6.07, 6.45) is 4.23. The molecule has 5 heteroatoms. The first-order valence-electron chi connectivity index (χ1n) is 6.01. The van der Waals surface area contributed by atoms with E-state index in [0.717, 1.165) is 12.1 Å². The number of anilines is 1. The quantitative estimate of drug-likeness (QED) is 0.486. The minimum Gasteiger partial charge on any atom is -0.399 e. The minimum atomic E-state index is -0.190. The molecule has 98 valence electrons. The lowest BCUT2D eigenvalue weighted by atomic mass is 10.3. The molecule has 0 atom stereocenters. The van der Waals surface area contributed by atoms with Crippen molar-refractivity contribution in [3.63, 3.8) is 0 Å². The number of nitrogens with two attached hydrogens (primary N) is 1. The number of hydrogen-bond acceptors (Lipinski definition) is 3. The first-order chi connectivity index (χ1) is 9.20. The van der Waals surface area contributed by atoms with Crippen LogP contribution in [-0.4, -0.2) is 22.2 Å². The predicted molar refractivity (Wildman–Crippen MR) is 75.1 cm³/mol. The summed E-state index contributed by atoms with van der Waals surface area (Å²) < 4.78 is 1.62. The molecule has 2 aromatic rings. The largest absolute Gasteiger partial charge is 0.399 e. The summed E-state index contributed by atoms with van der Waals surface area (Å²) in [7, 11) is 0. The highest BCUT2D eigenvalue weighted by molar-refractivity contribution is 5.92. The highest BCUT2D eigenvalue weighted by Crippen LogP contribution is 2.11. The fraction of sp³-hybridized carbons (Fsp3) is 0.143. The summed E-state index contributed by atoms with van der Waals surface area (Å²) in [5.74, 6) is -0.190. The molecule has 0 fully saturated rings. The molecule has 1 aromatic carbocycles. The SMILES string of the molecule is C=CCCNC(=O)c1ccn(-c2cccc(N)c2)n1. The predicted octanol–water partition coefficient (Wildman–Crippen LogP) is 1.76. The Morgan fingerprint density at radius 1 is 1.47 bits per heavy atom. The zero-order valence-corrected chi connectivity index (χ0v) is 10.5. The number of carbonyl (C=O) groups is 1. The third-order valence-electron chi connectivity index (χ3n) is 2.59. The van der Waals surface area contributed by atoms with Gasteiger partial charge in [-0.05, 0) is 30.7 Å². The van der Waals surface area contributed by atoms with E-state index < -0.39 is 0 Å². The second-order valence-corrected chi connectivity index (χ2v) is 4.07. The molecular weight excluding hydrogens is 240 g/mol. The van der Waals surface area contributed by atoms with Crippen LogP contribution in [0.4, 0.5) is 5.69 Å². The Kier molecular flexibility index (Phi) is 3.97. The Morgan fingerprint density at radius 3 is 3.05 bits per heavy atom. The van der Waals surface area contributed by atoms with E-state index in [1.807, 2.05) is 12.1 Å². The van der Waals surface area contributed by atoms with Crippen LogP contribution in [0, 0.1) is 0 Å². The fourth-order valence-corrected chi connectivity index (χ4v) is 1.63. The maximum atomic E-state index is 11.8. The van der Waals surface area contributed by atoms with Gasteiger partial charge in [0.15, 0.2) is 5.69 Å². The van der Waals surface area contributed by atoms with E-state index in [0.29, 0.717) is 17.9 Å². The molecule has 5 nitrogen and oxygen atoms in total. The summed E-state index contributed by atoms with van der Waals surface area (Å²) in [5, 5.41) is 6.99. The second-order valence-electron chi connectivity index (χ2n) is 4.07. The van der Waals surface area contributed by atoms with Crippen molar-refractivity contribution >= 4 is 11.6 Å². The van der Waals surface area contributed by atoms with Gasteiger partial charge >= 0.3 is 0 Å². The van der Waals surface area contributed by atoms with E-state index >= 15 is 0 Å². The zero-order valence-electron chi connectivity index (χ0n) is 10.5. The standard InChI is InChI=1S/C14H16N4O/c1-2-3-8-16-14(19)13-7-9-18(17-13)12-6-4-5-11(15)10-12/h2,4-7,9-10H,1,3,8,15H2,(H,16,19). The Labute approximate surface area is 111 Å². The molecule has 0 unspecified atom stereocenters. The molecule has 0 radical (unpaired) electrons. The molecule has 1 aromatic heterocycles. The zero-order chi connectivity index (χ0) is 13.7. The molecule has 2 rings (SSSR count). The molecule has 19 heavy (non-hydrogen) atoms. The summed E-state index contributed by atoms with van der Waals surface area (Å²) in [4.78, 5) is 11.8. The van der Waals surface area contributed by atoms with E-state index in [1.54, 1.807) is 35.2 Å². The van der Waals surface area contributed by atoms with E-state index in [9.17, 15) is 4.79 Å². The number of benzene rings is 1. The molecule has 0 saturated carbocycles. The average molecular weight is 256 g/mol. The first-order valence-corrected chi connectivity index (χ1v) is 6.01. The van der Waals surface area contributed by atoms with Crippen molar-refractivity contribution in [2.75, 3.05) is 12.3 Å². The average Bonchev–Trinajstić information content (AvgIpc) is 2.88. The molecule has 3 N–H and O–H groups in total. The molecule has 1 amide bonds. The van der Waals surface area contributed by atoms with Crippen molar-refractivity contribution in [1.29, 1.82) is 0 Å². The summed E-state index contributed by atoms with van der Waals surface area (Å²) >= 11 is 0. The van der Waals surface area contributed by atoms with E-state index in [4.69, 9.17) is 5.73 Å². The van der Waals surface area contributed by atoms with Crippen molar-refractivity contribution in [2.24, 2.45) is 0 Å². The van der Waals surface area contributed by atoms with Gasteiger partial charge in [0.1, 0.15) is 0 Å². The molecule has 0 aliphatic heterocycles. The van der Waals surface area contributed by atoms with E-state index in [-0.39, 0.29) is 5.91 Å². The Morgan fingerprint density at radius 2 is 2.32 bits per heavy atom. The third-order valence-corrected chi connectivity index (χ3v) is 2.59. The lowest BCUT2D eigenvalue weighted by Crippen LogP contribution is -2.24. The maximum Gasteiger partial charge on any atom is 0.271 e. The van der Waals surface area contributed by atoms with Crippen molar-refractivity contribution < 1.29 is 4.79 Å². The number of hydrogen-bond donors (Lipinski definition) is 2. The van der Waals surface area contributed by atoms with E-state index in [2.05, 4.69) is 17.0 Å². The van der Waals surface area contributed by atoms with Crippen molar-refractivity contribution in [1.82, 2.24) is 15.1 Å². The topological polar surface area (TPSA) is 72.9 Å². The normalized spacial score (nSPS) is 10.1. The Balaban J connectivity index is 2.10. The molecular formula is C14H16N4O. The van der Waals surface area contributed by atoms with Gasteiger partial charge in [-0.15, -0.1) is 6.58 Å². The molecule has 0 bridgehead atoms. The van der Waals surface area contributed by atoms with Gasteiger partial charge in [0.05, 0.1) is 5.69 Å². The van der Waals surface area contributed by atoms with Crippen LogP contribution in [-0.2, 0) is 0 Å². The van der Waals surface area contributed by atoms with Gasteiger partial charge in [0.2, 0.25) is 0 Å². The number of nitrogens with zero attached hydrogens (tertiary/aromatic N) is 2. The van der Waals surface area contributed by atoms with Gasteiger partial charge in [-0.2, -0.15) is 5.10 Å². The van der Waals surface area contributed by atoms with Crippen LogP contribution in [0.2, 0.25) is 0 Å². The number of carbonyl (C=O) groups excluding carboxylic acids is 1. The van der Waals surface area contributed by atoms with Crippen LogP contribution in [0.15, 0.2) is 49.2 Å². The number of aromatic nitrogens is 2. The van der Waals surface area contributed by atoms with Gasteiger partial charge in [-0.25, -0.2) is 4.68 Å². The van der Waals surface area contributed by atoms with Gasteiger partial charge in [0.25, 0.3) is 5.91 Å². The lowest BCUT2D eigenvalue weighted by molar-refractivity contribution is 0.0949. The van der Waals surface area contributed by atoms with Crippen LogP contribution in [0.3, 0.4) is 0 Å². The summed E-state index contributed by atoms with van der Waals surface area (Å²) in [6, 6.07) is 8.99. The lowest BCUT2D eigenvalue weighted by Gasteiger charge is -2.02. The van der Waals surface area contributed by atoms with Crippen molar-refractivity contribution in [3.05, 3.63) is 54.9 Å². The van der Waals surface area contributed by atoms with Gasteiger partial charge < -0.3 is 11.1 Å². The van der Waals surface area contributed by atoms with Crippen LogP contribution in [0.25, 0.3) is 5.69 Å². The first kappa shape index (κ1) is 12.9. The number of rotatable bonds is 5. The van der Waals surface area contributed by atoms with Crippen LogP contribution >= 0.6 is 0 Å². The number of nitrogens with one attached hydrogen (secondary N) is 1. The molecule has 0 spiro atoms. The molecule has 0 aliphatic rings. The van der Waals surface area contributed by atoms with Crippen molar-refractivity contribution in [2.45, 2.75) is 6.42 Å². The van der Waals surface area contributed by atoms with Crippen LogP contribution in [0.1, 0.15) is 16.9 Å².